The maximum atomic E-state index is 12.8. The van der Waals surface area contributed by atoms with E-state index in [0.29, 0.717) is 5.56 Å². The Hall–Kier alpha value is -1.62. The third kappa shape index (κ3) is 3.73. The smallest absolute Gasteiger partial charge is 0.257 e. The molecule has 5 nitrogen and oxygen atoms in total. The quantitative estimate of drug-likeness (QED) is 0.921. The van der Waals surface area contributed by atoms with Crippen molar-refractivity contribution in [2.24, 2.45) is 0 Å². The summed E-state index contributed by atoms with van der Waals surface area (Å²) in [6.45, 7) is 9.65. The van der Waals surface area contributed by atoms with Gasteiger partial charge >= 0.3 is 0 Å². The largest absolute Gasteiger partial charge is 0.384 e. The Balaban J connectivity index is 2.21. The second-order valence-electron chi connectivity index (χ2n) is 5.91. The van der Waals surface area contributed by atoms with Crippen molar-refractivity contribution >= 4 is 11.6 Å². The molecule has 2 heterocycles. The van der Waals surface area contributed by atoms with Crippen LogP contribution in [-0.2, 0) is 0 Å². The Kier molecular flexibility index (Phi) is 5.17. The molecule has 1 aliphatic heterocycles. The Morgan fingerprint density at radius 1 is 1.48 bits per heavy atom. The van der Waals surface area contributed by atoms with Gasteiger partial charge in [-0.1, -0.05) is 6.92 Å². The second-order valence-corrected chi connectivity index (χ2v) is 5.91. The van der Waals surface area contributed by atoms with Crippen LogP contribution in [0.4, 0.5) is 5.69 Å². The molecular weight excluding hydrogens is 264 g/mol. The molecule has 0 radical (unpaired) electrons. The van der Waals surface area contributed by atoms with Crippen molar-refractivity contribution in [2.75, 3.05) is 38.5 Å². The molecule has 0 bridgehead atoms. The van der Waals surface area contributed by atoms with Crippen LogP contribution in [0.3, 0.4) is 0 Å². The molecule has 21 heavy (non-hydrogen) atoms. The number of hydrogen-bond donors (Lipinski definition) is 1. The van der Waals surface area contributed by atoms with Gasteiger partial charge in [-0.25, -0.2) is 0 Å². The van der Waals surface area contributed by atoms with Crippen LogP contribution in [0.5, 0.6) is 0 Å². The van der Waals surface area contributed by atoms with Crippen molar-refractivity contribution in [3.63, 3.8) is 0 Å². The summed E-state index contributed by atoms with van der Waals surface area (Å²) < 4.78 is 0. The van der Waals surface area contributed by atoms with E-state index in [1.54, 1.807) is 6.20 Å². The van der Waals surface area contributed by atoms with Gasteiger partial charge in [0.1, 0.15) is 0 Å². The molecule has 116 valence electrons. The molecule has 0 aromatic carbocycles. The number of carbonyl (C=O) groups excluding carboxylic acids is 1. The van der Waals surface area contributed by atoms with Crippen molar-refractivity contribution in [1.29, 1.82) is 0 Å². The van der Waals surface area contributed by atoms with E-state index in [0.717, 1.165) is 44.0 Å². The third-order valence-electron chi connectivity index (χ3n) is 3.93. The lowest BCUT2D eigenvalue weighted by atomic mass is 10.1. The number of aromatic nitrogens is 1. The molecule has 0 saturated carbocycles. The number of amides is 1. The Morgan fingerprint density at radius 2 is 2.24 bits per heavy atom. The van der Waals surface area contributed by atoms with Crippen molar-refractivity contribution < 1.29 is 4.79 Å². The van der Waals surface area contributed by atoms with Crippen LogP contribution < -0.4 is 5.32 Å². The van der Waals surface area contributed by atoms with E-state index in [-0.39, 0.29) is 11.9 Å². The highest BCUT2D eigenvalue weighted by molar-refractivity contribution is 5.99. The van der Waals surface area contributed by atoms with E-state index in [2.05, 4.69) is 36.1 Å². The molecule has 1 unspecified atom stereocenters. The average molecular weight is 290 g/mol. The first-order valence-corrected chi connectivity index (χ1v) is 7.73. The first-order chi connectivity index (χ1) is 10.0. The van der Waals surface area contributed by atoms with Gasteiger partial charge in [-0.2, -0.15) is 0 Å². The van der Waals surface area contributed by atoms with Gasteiger partial charge in [0.15, 0.2) is 0 Å². The van der Waals surface area contributed by atoms with Crippen molar-refractivity contribution in [3.8, 4) is 0 Å². The predicted molar refractivity (Wildman–Crippen MR) is 85.8 cm³/mol. The summed E-state index contributed by atoms with van der Waals surface area (Å²) in [4.78, 5) is 21.4. The van der Waals surface area contributed by atoms with Crippen molar-refractivity contribution in [2.45, 2.75) is 33.2 Å². The van der Waals surface area contributed by atoms with Crippen LogP contribution in [0.25, 0.3) is 0 Å². The zero-order valence-corrected chi connectivity index (χ0v) is 13.5. The standard InChI is InChI=1S/C16H26N4O/c1-5-6-17-15-9-12(2)18-10-14(15)16(21)20-8-7-19(4)11-13(20)3/h9-10,13H,5-8,11H2,1-4H3,(H,17,18). The number of nitrogens with zero attached hydrogens (tertiary/aromatic N) is 3. The summed E-state index contributed by atoms with van der Waals surface area (Å²) in [7, 11) is 2.10. The maximum Gasteiger partial charge on any atom is 0.257 e. The van der Waals surface area contributed by atoms with Gasteiger partial charge in [0, 0.05) is 44.1 Å². The van der Waals surface area contributed by atoms with Crippen LogP contribution in [0.2, 0.25) is 0 Å². The van der Waals surface area contributed by atoms with Gasteiger partial charge in [0.25, 0.3) is 5.91 Å². The zero-order valence-electron chi connectivity index (χ0n) is 13.5. The molecule has 1 atom stereocenters. The second kappa shape index (κ2) is 6.89. The Labute approximate surface area is 127 Å². The molecule has 1 aromatic heterocycles. The van der Waals surface area contributed by atoms with Gasteiger partial charge in [-0.3, -0.25) is 9.78 Å². The minimum atomic E-state index is 0.0849. The van der Waals surface area contributed by atoms with E-state index in [1.165, 1.54) is 0 Å². The minimum Gasteiger partial charge on any atom is -0.384 e. The molecule has 1 aromatic rings. The molecule has 1 saturated heterocycles. The fourth-order valence-electron chi connectivity index (χ4n) is 2.73. The van der Waals surface area contributed by atoms with E-state index in [9.17, 15) is 4.79 Å². The number of rotatable bonds is 4. The van der Waals surface area contributed by atoms with Crippen LogP contribution >= 0.6 is 0 Å². The lowest BCUT2D eigenvalue weighted by Gasteiger charge is -2.38. The number of anilines is 1. The molecule has 2 rings (SSSR count). The molecule has 1 aliphatic rings. The maximum absolute atomic E-state index is 12.8. The topological polar surface area (TPSA) is 48.5 Å². The highest BCUT2D eigenvalue weighted by atomic mass is 16.2. The molecule has 5 heteroatoms. The molecular formula is C16H26N4O. The average Bonchev–Trinajstić information content (AvgIpc) is 2.44. The number of likely N-dealkylation sites (N-methyl/N-ethyl adjacent to an activating group) is 1. The first kappa shape index (κ1) is 15.8. The van der Waals surface area contributed by atoms with E-state index in [1.807, 2.05) is 17.9 Å². The molecule has 0 spiro atoms. The zero-order chi connectivity index (χ0) is 15.4. The van der Waals surface area contributed by atoms with Gasteiger partial charge in [0.05, 0.1) is 11.3 Å². The molecule has 0 aliphatic carbocycles. The number of piperazine rings is 1. The molecule has 1 N–H and O–H groups in total. The lowest BCUT2D eigenvalue weighted by molar-refractivity contribution is 0.0534. The predicted octanol–water partition coefficient (Wildman–Crippen LogP) is 1.99. The number of pyridine rings is 1. The van der Waals surface area contributed by atoms with Gasteiger partial charge in [-0.05, 0) is 33.4 Å². The lowest BCUT2D eigenvalue weighted by Crippen LogP contribution is -2.52. The van der Waals surface area contributed by atoms with Crippen LogP contribution in [0, 0.1) is 6.92 Å². The van der Waals surface area contributed by atoms with Crippen LogP contribution in [0.1, 0.15) is 36.3 Å². The normalized spacial score (nSPS) is 19.6. The van der Waals surface area contributed by atoms with E-state index >= 15 is 0 Å². The van der Waals surface area contributed by atoms with E-state index < -0.39 is 0 Å². The summed E-state index contributed by atoms with van der Waals surface area (Å²) >= 11 is 0. The number of hydrogen-bond acceptors (Lipinski definition) is 4. The summed E-state index contributed by atoms with van der Waals surface area (Å²) in [6.07, 6.45) is 2.74. The highest BCUT2D eigenvalue weighted by Crippen LogP contribution is 2.20. The fourth-order valence-corrected chi connectivity index (χ4v) is 2.73. The Morgan fingerprint density at radius 3 is 2.90 bits per heavy atom. The molecule has 1 amide bonds. The highest BCUT2D eigenvalue weighted by Gasteiger charge is 2.28. The van der Waals surface area contributed by atoms with Crippen LogP contribution in [0.15, 0.2) is 12.3 Å². The number of carbonyl (C=O) groups is 1. The van der Waals surface area contributed by atoms with Crippen molar-refractivity contribution in [1.82, 2.24) is 14.8 Å². The first-order valence-electron chi connectivity index (χ1n) is 7.73. The van der Waals surface area contributed by atoms with Gasteiger partial charge in [0.2, 0.25) is 0 Å². The molecule has 1 fully saturated rings. The monoisotopic (exact) mass is 290 g/mol. The van der Waals surface area contributed by atoms with Crippen LogP contribution in [-0.4, -0.2) is 60.0 Å². The third-order valence-corrected chi connectivity index (χ3v) is 3.93. The number of aryl methyl sites for hydroxylation is 1. The summed E-state index contributed by atoms with van der Waals surface area (Å²) in [5.41, 5.74) is 2.52. The minimum absolute atomic E-state index is 0.0849. The summed E-state index contributed by atoms with van der Waals surface area (Å²) in [6, 6.07) is 2.19. The van der Waals surface area contributed by atoms with E-state index in [4.69, 9.17) is 0 Å². The van der Waals surface area contributed by atoms with Crippen molar-refractivity contribution in [3.05, 3.63) is 23.5 Å². The number of nitrogens with one attached hydrogen (secondary N) is 1. The SMILES string of the molecule is CCCNc1cc(C)ncc1C(=O)N1CCN(C)CC1C. The van der Waals surface area contributed by atoms with Gasteiger partial charge < -0.3 is 15.1 Å². The fraction of sp³-hybridized carbons (Fsp3) is 0.625. The Bertz CT molecular complexity index is 503. The van der Waals surface area contributed by atoms with Gasteiger partial charge in [-0.15, -0.1) is 0 Å². The summed E-state index contributed by atoms with van der Waals surface area (Å²) in [5.74, 6) is 0.0849. The summed E-state index contributed by atoms with van der Waals surface area (Å²) in [5, 5.41) is 3.35.